The predicted molar refractivity (Wildman–Crippen MR) is 65.3 cm³/mol. The summed E-state index contributed by atoms with van der Waals surface area (Å²) in [5.74, 6) is -0.857. The molecule has 1 aliphatic heterocycles. The molecule has 102 valence electrons. The van der Waals surface area contributed by atoms with Gasteiger partial charge in [-0.2, -0.15) is 0 Å². The minimum absolute atomic E-state index is 0.144. The molecular weight excluding hydrogens is 246 g/mol. The molecule has 2 unspecified atom stereocenters. The molecule has 0 aromatic carbocycles. The molecule has 1 saturated carbocycles. The first kappa shape index (κ1) is 12.4. The normalized spacial score (nSPS) is 33.7. The molecule has 19 heavy (non-hydrogen) atoms. The number of fused-ring (bicyclic) bond motifs is 1. The van der Waals surface area contributed by atoms with Gasteiger partial charge in [-0.3, -0.25) is 9.59 Å². The summed E-state index contributed by atoms with van der Waals surface area (Å²) >= 11 is 0. The molecule has 2 atom stereocenters. The van der Waals surface area contributed by atoms with Crippen molar-refractivity contribution in [3.05, 3.63) is 12.2 Å². The molecule has 0 aromatic heterocycles. The monoisotopic (exact) mass is 263 g/mol. The summed E-state index contributed by atoms with van der Waals surface area (Å²) in [6, 6.07) is 0. The van der Waals surface area contributed by atoms with Crippen LogP contribution in [0.25, 0.3) is 0 Å². The van der Waals surface area contributed by atoms with Gasteiger partial charge < -0.3 is 4.84 Å². The van der Waals surface area contributed by atoms with Crippen LogP contribution in [-0.2, 0) is 19.2 Å². The highest BCUT2D eigenvalue weighted by atomic mass is 16.7. The maximum Gasteiger partial charge on any atom is 0.339 e. The van der Waals surface area contributed by atoms with E-state index >= 15 is 0 Å². The highest BCUT2D eigenvalue weighted by molar-refractivity contribution is 6.02. The van der Waals surface area contributed by atoms with Gasteiger partial charge in [0.1, 0.15) is 0 Å². The van der Waals surface area contributed by atoms with E-state index in [1.54, 1.807) is 0 Å². The molecule has 1 heterocycles. The third-order valence-electron chi connectivity index (χ3n) is 4.42. The van der Waals surface area contributed by atoms with Crippen LogP contribution < -0.4 is 0 Å². The highest BCUT2D eigenvalue weighted by Gasteiger charge is 2.61. The Morgan fingerprint density at radius 1 is 1.21 bits per heavy atom. The molecule has 3 aliphatic rings. The zero-order valence-electron chi connectivity index (χ0n) is 10.8. The third-order valence-corrected chi connectivity index (χ3v) is 4.42. The molecule has 0 N–H and O–H groups in total. The Hall–Kier alpha value is -1.65. The van der Waals surface area contributed by atoms with E-state index in [1.165, 1.54) is 0 Å². The Bertz CT molecular complexity index is 454. The number of imide groups is 1. The van der Waals surface area contributed by atoms with Gasteiger partial charge in [0.2, 0.25) is 0 Å². The second kappa shape index (κ2) is 4.47. The van der Waals surface area contributed by atoms with Crippen molar-refractivity contribution >= 4 is 17.8 Å². The largest absolute Gasteiger partial charge is 0.339 e. The molecular formula is C14H17NO4. The quantitative estimate of drug-likeness (QED) is 0.562. The lowest BCUT2D eigenvalue weighted by atomic mass is 9.93. The number of hydrogen-bond donors (Lipinski definition) is 0. The fraction of sp³-hybridized carbons (Fsp3) is 0.643. The second-order valence-corrected chi connectivity index (χ2v) is 5.61. The Balaban J connectivity index is 1.69. The summed E-state index contributed by atoms with van der Waals surface area (Å²) < 4.78 is 0. The number of carbonyl (C=O) groups excluding carboxylic acids is 3. The molecule has 1 saturated heterocycles. The number of nitrogens with zero attached hydrogens (tertiary/aromatic N) is 1. The Kier molecular flexibility index (Phi) is 2.92. The van der Waals surface area contributed by atoms with E-state index in [0.29, 0.717) is 11.0 Å². The summed E-state index contributed by atoms with van der Waals surface area (Å²) in [5, 5.41) is 0.668. The van der Waals surface area contributed by atoms with Crippen molar-refractivity contribution in [1.29, 1.82) is 0 Å². The molecule has 0 spiro atoms. The minimum atomic E-state index is -0.450. The van der Waals surface area contributed by atoms with Crippen LogP contribution in [0.15, 0.2) is 12.2 Å². The number of carbonyl (C=O) groups is 3. The van der Waals surface area contributed by atoms with Crippen molar-refractivity contribution in [3.8, 4) is 0 Å². The summed E-state index contributed by atoms with van der Waals surface area (Å²) in [6.45, 7) is 0. The predicted octanol–water partition coefficient (Wildman–Crippen LogP) is 1.73. The lowest BCUT2D eigenvalue weighted by Crippen LogP contribution is -2.36. The average Bonchev–Trinajstić information content (AvgIpc) is 2.96. The fourth-order valence-corrected chi connectivity index (χ4v) is 3.12. The first-order chi connectivity index (χ1) is 9.13. The van der Waals surface area contributed by atoms with E-state index in [4.69, 9.17) is 4.84 Å². The van der Waals surface area contributed by atoms with E-state index in [2.05, 4.69) is 12.2 Å². The molecule has 0 bridgehead atoms. The van der Waals surface area contributed by atoms with Gasteiger partial charge >= 0.3 is 5.97 Å². The van der Waals surface area contributed by atoms with Crippen molar-refractivity contribution in [1.82, 2.24) is 5.06 Å². The van der Waals surface area contributed by atoms with Crippen LogP contribution in [0.1, 0.15) is 44.9 Å². The maximum absolute atomic E-state index is 12.3. The van der Waals surface area contributed by atoms with E-state index in [0.717, 1.165) is 32.1 Å². The Morgan fingerprint density at radius 3 is 2.63 bits per heavy atom. The maximum atomic E-state index is 12.3. The van der Waals surface area contributed by atoms with Crippen molar-refractivity contribution in [2.75, 3.05) is 0 Å². The zero-order chi connectivity index (χ0) is 13.5. The molecule has 2 aliphatic carbocycles. The van der Waals surface area contributed by atoms with Crippen LogP contribution in [0.4, 0.5) is 0 Å². The van der Waals surface area contributed by atoms with Crippen LogP contribution in [-0.4, -0.2) is 22.8 Å². The number of hydroxylamine groups is 2. The van der Waals surface area contributed by atoms with Crippen LogP contribution in [0.3, 0.4) is 0 Å². The van der Waals surface area contributed by atoms with Crippen molar-refractivity contribution in [3.63, 3.8) is 0 Å². The van der Waals surface area contributed by atoms with Crippen molar-refractivity contribution in [2.45, 2.75) is 44.9 Å². The number of rotatable bonds is 2. The summed E-state index contributed by atoms with van der Waals surface area (Å²) in [6.07, 6.45) is 8.93. The zero-order valence-corrected chi connectivity index (χ0v) is 10.8. The number of allylic oxidation sites excluding steroid dienone is 2. The standard InChI is InChI=1S/C14H17NO4/c16-11-6-7-12(17)15(11)19-13(18)14-8-4-2-1-3-5-10(14)9-14/h1-2,10H,3-9H2. The Morgan fingerprint density at radius 2 is 1.89 bits per heavy atom. The summed E-state index contributed by atoms with van der Waals surface area (Å²) in [4.78, 5) is 40.3. The SMILES string of the molecule is O=C1CCC(=O)N1OC(=O)C12CCC=CCCC1C2. The number of amides is 2. The molecule has 3 rings (SSSR count). The molecule has 0 radical (unpaired) electrons. The van der Waals surface area contributed by atoms with Gasteiger partial charge in [-0.05, 0) is 38.0 Å². The van der Waals surface area contributed by atoms with E-state index in [-0.39, 0.29) is 12.8 Å². The highest BCUT2D eigenvalue weighted by Crippen LogP contribution is 2.59. The lowest BCUT2D eigenvalue weighted by Gasteiger charge is -2.20. The molecule has 5 nitrogen and oxygen atoms in total. The van der Waals surface area contributed by atoms with Gasteiger partial charge in [0.15, 0.2) is 0 Å². The van der Waals surface area contributed by atoms with E-state index in [1.807, 2.05) is 0 Å². The lowest BCUT2D eigenvalue weighted by molar-refractivity contribution is -0.202. The minimum Gasteiger partial charge on any atom is -0.330 e. The number of hydrogen-bond acceptors (Lipinski definition) is 4. The average molecular weight is 263 g/mol. The van der Waals surface area contributed by atoms with Crippen LogP contribution in [0.2, 0.25) is 0 Å². The van der Waals surface area contributed by atoms with E-state index < -0.39 is 23.2 Å². The van der Waals surface area contributed by atoms with E-state index in [9.17, 15) is 14.4 Å². The van der Waals surface area contributed by atoms with Gasteiger partial charge in [0, 0.05) is 12.8 Å². The third kappa shape index (κ3) is 2.07. The molecule has 2 amide bonds. The van der Waals surface area contributed by atoms with Crippen molar-refractivity contribution in [2.24, 2.45) is 11.3 Å². The topological polar surface area (TPSA) is 63.7 Å². The Labute approximate surface area is 111 Å². The summed E-state index contributed by atoms with van der Waals surface area (Å²) in [7, 11) is 0. The summed E-state index contributed by atoms with van der Waals surface area (Å²) in [5.41, 5.74) is -0.450. The van der Waals surface area contributed by atoms with Crippen LogP contribution in [0, 0.1) is 11.3 Å². The molecule has 0 aromatic rings. The van der Waals surface area contributed by atoms with Gasteiger partial charge in [-0.15, -0.1) is 5.06 Å². The van der Waals surface area contributed by atoms with Gasteiger partial charge in [-0.25, -0.2) is 4.79 Å². The first-order valence-corrected chi connectivity index (χ1v) is 6.87. The fourth-order valence-electron chi connectivity index (χ4n) is 3.12. The van der Waals surface area contributed by atoms with Gasteiger partial charge in [0.05, 0.1) is 5.41 Å². The smallest absolute Gasteiger partial charge is 0.330 e. The first-order valence-electron chi connectivity index (χ1n) is 6.87. The van der Waals surface area contributed by atoms with Gasteiger partial charge in [0.25, 0.3) is 11.8 Å². The van der Waals surface area contributed by atoms with Crippen molar-refractivity contribution < 1.29 is 19.2 Å². The van der Waals surface area contributed by atoms with Crippen LogP contribution in [0.5, 0.6) is 0 Å². The molecule has 2 fully saturated rings. The second-order valence-electron chi connectivity index (χ2n) is 5.61. The molecule has 5 heteroatoms. The van der Waals surface area contributed by atoms with Crippen LogP contribution >= 0.6 is 0 Å². The van der Waals surface area contributed by atoms with Gasteiger partial charge in [-0.1, -0.05) is 12.2 Å².